The zero-order valence-electron chi connectivity index (χ0n) is 15.0. The fourth-order valence-electron chi connectivity index (χ4n) is 3.73. The molecular formula is C20H26N2O3. The third kappa shape index (κ3) is 3.76. The molecule has 1 atom stereocenters. The second-order valence-electron chi connectivity index (χ2n) is 7.18. The van der Waals surface area contributed by atoms with Crippen LogP contribution in [0.2, 0.25) is 0 Å². The smallest absolute Gasteiger partial charge is 0.256 e. The summed E-state index contributed by atoms with van der Waals surface area (Å²) < 4.78 is 0. The zero-order valence-corrected chi connectivity index (χ0v) is 15.0. The molecule has 0 aliphatic carbocycles. The Morgan fingerprint density at radius 3 is 2.64 bits per heavy atom. The highest BCUT2D eigenvalue weighted by Crippen LogP contribution is 2.27. The van der Waals surface area contributed by atoms with Crippen molar-refractivity contribution in [3.63, 3.8) is 0 Å². The fourth-order valence-corrected chi connectivity index (χ4v) is 3.73. The molecule has 3 rings (SSSR count). The molecule has 134 valence electrons. The summed E-state index contributed by atoms with van der Waals surface area (Å²) >= 11 is 0. The topological polar surface area (TPSA) is 60.9 Å². The SMILES string of the molecule is CC(=O)N1CCCC(O)(C(=O)N2CC=C(c3cccc(C)c3)CC2)C1. The molecule has 1 aromatic rings. The van der Waals surface area contributed by atoms with Crippen LogP contribution >= 0.6 is 0 Å². The first-order chi connectivity index (χ1) is 11.9. The largest absolute Gasteiger partial charge is 0.378 e. The van der Waals surface area contributed by atoms with E-state index in [2.05, 4.69) is 31.2 Å². The number of carbonyl (C=O) groups is 2. The molecule has 25 heavy (non-hydrogen) atoms. The Kier molecular flexibility index (Phi) is 4.95. The van der Waals surface area contributed by atoms with Gasteiger partial charge in [-0.3, -0.25) is 9.59 Å². The van der Waals surface area contributed by atoms with E-state index in [9.17, 15) is 14.7 Å². The molecule has 0 bridgehead atoms. The summed E-state index contributed by atoms with van der Waals surface area (Å²) in [7, 11) is 0. The predicted molar refractivity (Wildman–Crippen MR) is 96.8 cm³/mol. The van der Waals surface area contributed by atoms with E-state index < -0.39 is 5.60 Å². The van der Waals surface area contributed by atoms with Crippen LogP contribution in [0.1, 0.15) is 37.3 Å². The van der Waals surface area contributed by atoms with E-state index in [1.165, 1.54) is 23.6 Å². The minimum atomic E-state index is -1.45. The molecule has 0 saturated carbocycles. The zero-order chi connectivity index (χ0) is 18.0. The van der Waals surface area contributed by atoms with Crippen LogP contribution in [0.5, 0.6) is 0 Å². The van der Waals surface area contributed by atoms with E-state index in [0.717, 1.165) is 6.42 Å². The summed E-state index contributed by atoms with van der Waals surface area (Å²) in [5.74, 6) is -0.343. The highest BCUT2D eigenvalue weighted by Gasteiger charge is 2.43. The summed E-state index contributed by atoms with van der Waals surface area (Å²) in [4.78, 5) is 27.7. The van der Waals surface area contributed by atoms with Gasteiger partial charge in [0, 0.05) is 26.6 Å². The Morgan fingerprint density at radius 1 is 1.20 bits per heavy atom. The Balaban J connectivity index is 1.69. The molecule has 0 radical (unpaired) electrons. The van der Waals surface area contributed by atoms with E-state index in [-0.39, 0.29) is 18.4 Å². The standard InChI is InChI=1S/C20H26N2O3/c1-15-5-3-6-18(13-15)17-7-11-21(12-8-17)19(24)20(25)9-4-10-22(14-20)16(2)23/h3,5-7,13,25H,4,8-12,14H2,1-2H3. The molecule has 0 aromatic heterocycles. The van der Waals surface area contributed by atoms with Crippen molar-refractivity contribution in [3.8, 4) is 0 Å². The molecule has 1 aromatic carbocycles. The molecule has 2 heterocycles. The highest BCUT2D eigenvalue weighted by atomic mass is 16.3. The normalized spacial score (nSPS) is 24.0. The number of carbonyl (C=O) groups excluding carboxylic acids is 2. The summed E-state index contributed by atoms with van der Waals surface area (Å²) in [6, 6.07) is 8.37. The van der Waals surface area contributed by atoms with Crippen molar-refractivity contribution in [1.82, 2.24) is 9.80 Å². The first kappa shape index (κ1) is 17.7. The van der Waals surface area contributed by atoms with Gasteiger partial charge in [0.2, 0.25) is 5.91 Å². The number of aryl methyl sites for hydroxylation is 1. The molecule has 2 aliphatic heterocycles. The molecule has 5 heteroatoms. The van der Waals surface area contributed by atoms with Crippen LogP contribution in [0, 0.1) is 6.92 Å². The molecule has 0 spiro atoms. The van der Waals surface area contributed by atoms with Gasteiger partial charge in [0.15, 0.2) is 5.60 Å². The van der Waals surface area contributed by atoms with Crippen LogP contribution in [0.4, 0.5) is 0 Å². The van der Waals surface area contributed by atoms with E-state index in [1.54, 1.807) is 9.80 Å². The predicted octanol–water partition coefficient (Wildman–Crippen LogP) is 1.98. The number of benzene rings is 1. The molecule has 2 aliphatic rings. The fraction of sp³-hybridized carbons (Fsp3) is 0.500. The van der Waals surface area contributed by atoms with Crippen molar-refractivity contribution in [1.29, 1.82) is 0 Å². The number of hydrogen-bond acceptors (Lipinski definition) is 3. The van der Waals surface area contributed by atoms with Crippen LogP contribution in [0.25, 0.3) is 5.57 Å². The highest BCUT2D eigenvalue weighted by molar-refractivity contribution is 5.87. The van der Waals surface area contributed by atoms with Crippen molar-refractivity contribution in [2.45, 2.75) is 38.7 Å². The monoisotopic (exact) mass is 342 g/mol. The second kappa shape index (κ2) is 7.00. The molecule has 5 nitrogen and oxygen atoms in total. The first-order valence-corrected chi connectivity index (χ1v) is 8.92. The number of aliphatic hydroxyl groups is 1. The summed E-state index contributed by atoms with van der Waals surface area (Å²) in [5.41, 5.74) is 2.22. The molecular weight excluding hydrogens is 316 g/mol. The van der Waals surface area contributed by atoms with Crippen LogP contribution in [0.15, 0.2) is 30.3 Å². The maximum absolute atomic E-state index is 12.8. The molecule has 1 saturated heterocycles. The van der Waals surface area contributed by atoms with E-state index >= 15 is 0 Å². The van der Waals surface area contributed by atoms with Gasteiger partial charge in [0.25, 0.3) is 5.91 Å². The minimum Gasteiger partial charge on any atom is -0.378 e. The van der Waals surface area contributed by atoms with Gasteiger partial charge < -0.3 is 14.9 Å². The summed E-state index contributed by atoms with van der Waals surface area (Å²) in [6.45, 7) is 5.37. The Bertz CT molecular complexity index is 713. The molecule has 2 amide bonds. The Labute approximate surface area is 148 Å². The minimum absolute atomic E-state index is 0.0915. The third-order valence-electron chi connectivity index (χ3n) is 5.20. The number of nitrogens with zero attached hydrogens (tertiary/aromatic N) is 2. The van der Waals surface area contributed by atoms with Crippen molar-refractivity contribution < 1.29 is 14.7 Å². The first-order valence-electron chi connectivity index (χ1n) is 8.92. The van der Waals surface area contributed by atoms with Gasteiger partial charge >= 0.3 is 0 Å². The van der Waals surface area contributed by atoms with Gasteiger partial charge in [-0.25, -0.2) is 0 Å². The van der Waals surface area contributed by atoms with Gasteiger partial charge in [0.1, 0.15) is 0 Å². The summed E-state index contributed by atoms with van der Waals surface area (Å²) in [6.07, 6.45) is 3.92. The van der Waals surface area contributed by atoms with Crippen molar-refractivity contribution in [2.24, 2.45) is 0 Å². The van der Waals surface area contributed by atoms with Gasteiger partial charge in [-0.15, -0.1) is 0 Å². The molecule has 1 N–H and O–H groups in total. The van der Waals surface area contributed by atoms with Crippen molar-refractivity contribution in [2.75, 3.05) is 26.2 Å². The number of β-amino-alcohol motifs (C(OH)–C–C–N with tert-alkyl or cyclic N) is 1. The average molecular weight is 342 g/mol. The maximum Gasteiger partial charge on any atom is 0.256 e. The van der Waals surface area contributed by atoms with Gasteiger partial charge in [-0.05, 0) is 37.3 Å². The lowest BCUT2D eigenvalue weighted by molar-refractivity contribution is -0.159. The number of hydrogen-bond donors (Lipinski definition) is 1. The maximum atomic E-state index is 12.8. The van der Waals surface area contributed by atoms with Crippen LogP contribution in [-0.4, -0.2) is 58.5 Å². The van der Waals surface area contributed by atoms with Gasteiger partial charge in [0.05, 0.1) is 6.54 Å². The average Bonchev–Trinajstić information content (AvgIpc) is 2.61. The Morgan fingerprint density at radius 2 is 2.00 bits per heavy atom. The number of amides is 2. The lowest BCUT2D eigenvalue weighted by Crippen LogP contribution is -2.59. The molecule has 1 unspecified atom stereocenters. The van der Waals surface area contributed by atoms with Gasteiger partial charge in [-0.1, -0.05) is 35.9 Å². The lowest BCUT2D eigenvalue weighted by atomic mass is 9.90. The third-order valence-corrected chi connectivity index (χ3v) is 5.20. The number of piperidine rings is 1. The van der Waals surface area contributed by atoms with Crippen LogP contribution in [-0.2, 0) is 9.59 Å². The van der Waals surface area contributed by atoms with E-state index in [4.69, 9.17) is 0 Å². The lowest BCUT2D eigenvalue weighted by Gasteiger charge is -2.41. The van der Waals surface area contributed by atoms with Crippen LogP contribution in [0.3, 0.4) is 0 Å². The van der Waals surface area contributed by atoms with Crippen molar-refractivity contribution in [3.05, 3.63) is 41.5 Å². The number of likely N-dealkylation sites (tertiary alicyclic amines) is 1. The van der Waals surface area contributed by atoms with E-state index in [0.29, 0.717) is 32.5 Å². The Hall–Kier alpha value is -2.14. The second-order valence-corrected chi connectivity index (χ2v) is 7.18. The van der Waals surface area contributed by atoms with Crippen LogP contribution < -0.4 is 0 Å². The van der Waals surface area contributed by atoms with Crippen molar-refractivity contribution >= 4 is 17.4 Å². The quantitative estimate of drug-likeness (QED) is 0.894. The molecule has 1 fully saturated rings. The summed E-state index contributed by atoms with van der Waals surface area (Å²) in [5, 5.41) is 10.8. The number of rotatable bonds is 2. The van der Waals surface area contributed by atoms with Gasteiger partial charge in [-0.2, -0.15) is 0 Å². The van der Waals surface area contributed by atoms with E-state index in [1.807, 2.05) is 6.07 Å².